The minimum Gasteiger partial charge on any atom is -0.449 e. The maximum atomic E-state index is 12.6. The fourth-order valence-electron chi connectivity index (χ4n) is 2.23. The van der Waals surface area contributed by atoms with Gasteiger partial charge in [-0.05, 0) is 32.0 Å². The van der Waals surface area contributed by atoms with Crippen LogP contribution in [-0.2, 0) is 19.6 Å². The lowest BCUT2D eigenvalue weighted by Crippen LogP contribution is -2.44. The summed E-state index contributed by atoms with van der Waals surface area (Å²) in [7, 11) is -3.81. The monoisotopic (exact) mass is 433 g/mol. The predicted molar refractivity (Wildman–Crippen MR) is 104 cm³/mol. The number of nitrogens with zero attached hydrogens (tertiary/aromatic N) is 1. The van der Waals surface area contributed by atoms with Crippen molar-refractivity contribution in [2.75, 3.05) is 19.6 Å². The highest BCUT2D eigenvalue weighted by Gasteiger charge is 2.26. The average Bonchev–Trinajstić information content (AvgIpc) is 2.62. The Labute approximate surface area is 169 Å². The molecule has 0 radical (unpaired) electrons. The molecule has 0 aromatic heterocycles. The van der Waals surface area contributed by atoms with Crippen molar-refractivity contribution in [3.63, 3.8) is 0 Å². The molecule has 0 spiro atoms. The highest BCUT2D eigenvalue weighted by atomic mass is 35.5. The largest absolute Gasteiger partial charge is 0.449 e. The Bertz CT molecular complexity index is 839. The van der Waals surface area contributed by atoms with Gasteiger partial charge in [0.15, 0.2) is 6.10 Å². The number of ether oxygens (including phenoxy) is 1. The molecule has 0 aliphatic heterocycles. The quantitative estimate of drug-likeness (QED) is 0.602. The van der Waals surface area contributed by atoms with Crippen LogP contribution in [0.15, 0.2) is 23.1 Å². The number of hydrogen-bond donors (Lipinski definition) is 2. The molecule has 1 rings (SSSR count). The highest BCUT2D eigenvalue weighted by molar-refractivity contribution is 7.89. The van der Waals surface area contributed by atoms with E-state index in [0.29, 0.717) is 6.54 Å². The van der Waals surface area contributed by atoms with Crippen LogP contribution >= 0.6 is 11.6 Å². The van der Waals surface area contributed by atoms with E-state index in [-0.39, 0.29) is 28.6 Å². The number of imide groups is 1. The Morgan fingerprint density at radius 1 is 1.18 bits per heavy atom. The zero-order valence-electron chi connectivity index (χ0n) is 16.1. The first-order valence-electron chi connectivity index (χ1n) is 8.67. The van der Waals surface area contributed by atoms with Crippen LogP contribution in [0.3, 0.4) is 0 Å². The lowest BCUT2D eigenvalue weighted by atomic mass is 10.2. The van der Waals surface area contributed by atoms with E-state index in [0.717, 1.165) is 6.07 Å². The molecule has 1 atom stereocenters. The molecule has 1 aromatic rings. The molecule has 0 saturated heterocycles. The number of urea groups is 1. The van der Waals surface area contributed by atoms with E-state index < -0.39 is 34.0 Å². The van der Waals surface area contributed by atoms with Gasteiger partial charge in [0.25, 0.3) is 5.91 Å². The minimum absolute atomic E-state index is 0.0279. The second-order valence-corrected chi connectivity index (χ2v) is 7.97. The first-order valence-corrected chi connectivity index (χ1v) is 10.5. The van der Waals surface area contributed by atoms with Gasteiger partial charge in [-0.3, -0.25) is 10.1 Å². The smallest absolute Gasteiger partial charge is 0.340 e. The summed E-state index contributed by atoms with van der Waals surface area (Å²) >= 11 is 6.00. The summed E-state index contributed by atoms with van der Waals surface area (Å²) in [6.07, 6.45) is -1.30. The molecule has 0 unspecified atom stereocenters. The van der Waals surface area contributed by atoms with E-state index in [1.165, 1.54) is 23.4 Å². The lowest BCUT2D eigenvalue weighted by molar-refractivity contribution is -0.127. The highest BCUT2D eigenvalue weighted by Crippen LogP contribution is 2.24. The second-order valence-electron chi connectivity index (χ2n) is 5.63. The molecule has 11 heteroatoms. The first-order chi connectivity index (χ1) is 13.1. The lowest BCUT2D eigenvalue weighted by Gasteiger charge is -2.19. The molecule has 9 nitrogen and oxygen atoms in total. The summed E-state index contributed by atoms with van der Waals surface area (Å²) in [4.78, 5) is 35.5. The van der Waals surface area contributed by atoms with Crippen molar-refractivity contribution in [2.24, 2.45) is 0 Å². The molecule has 3 amide bonds. The van der Waals surface area contributed by atoms with Crippen LogP contribution in [0.4, 0.5) is 4.79 Å². The molecule has 2 N–H and O–H groups in total. The van der Waals surface area contributed by atoms with Crippen molar-refractivity contribution in [2.45, 2.75) is 38.7 Å². The number of hydrogen-bond acceptors (Lipinski definition) is 6. The van der Waals surface area contributed by atoms with Gasteiger partial charge in [0.2, 0.25) is 10.0 Å². The Morgan fingerprint density at radius 3 is 2.32 bits per heavy atom. The summed E-state index contributed by atoms with van der Waals surface area (Å²) in [6, 6.07) is 2.94. The van der Waals surface area contributed by atoms with Crippen LogP contribution in [0.2, 0.25) is 5.02 Å². The fourth-order valence-corrected chi connectivity index (χ4v) is 3.91. The molecule has 1 aromatic carbocycles. The Morgan fingerprint density at radius 2 is 1.79 bits per heavy atom. The van der Waals surface area contributed by atoms with Gasteiger partial charge in [0.05, 0.1) is 15.5 Å². The summed E-state index contributed by atoms with van der Waals surface area (Å²) in [5.74, 6) is -1.82. The van der Waals surface area contributed by atoms with Crippen molar-refractivity contribution in [1.29, 1.82) is 0 Å². The molecular formula is C17H24ClN3O6S. The maximum absolute atomic E-state index is 12.6. The van der Waals surface area contributed by atoms with Crippen molar-refractivity contribution in [3.05, 3.63) is 28.8 Å². The molecule has 0 aliphatic rings. The SMILES string of the molecule is CCNC(=O)NC(=O)[C@@H](C)OC(=O)c1cc(S(=O)(=O)N(CC)CC)ccc1Cl. The number of nitrogens with one attached hydrogen (secondary N) is 2. The zero-order valence-corrected chi connectivity index (χ0v) is 17.7. The molecule has 0 bridgehead atoms. The topological polar surface area (TPSA) is 122 Å². The summed E-state index contributed by atoms with van der Waals surface area (Å²) in [6.45, 7) is 7.18. The van der Waals surface area contributed by atoms with Gasteiger partial charge in [0, 0.05) is 19.6 Å². The van der Waals surface area contributed by atoms with E-state index in [4.69, 9.17) is 16.3 Å². The van der Waals surface area contributed by atoms with Crippen LogP contribution in [0, 0.1) is 0 Å². The van der Waals surface area contributed by atoms with Gasteiger partial charge in [-0.25, -0.2) is 18.0 Å². The first kappa shape index (κ1) is 23.9. The Balaban J connectivity index is 3.03. The number of sulfonamides is 1. The van der Waals surface area contributed by atoms with Gasteiger partial charge >= 0.3 is 12.0 Å². The summed E-state index contributed by atoms with van der Waals surface area (Å²) in [5.41, 5.74) is -0.201. The average molecular weight is 434 g/mol. The number of esters is 1. The number of rotatable bonds is 8. The molecule has 0 fully saturated rings. The number of benzene rings is 1. The van der Waals surface area contributed by atoms with Gasteiger partial charge in [-0.15, -0.1) is 0 Å². The number of carbonyl (C=O) groups excluding carboxylic acids is 3. The van der Waals surface area contributed by atoms with Gasteiger partial charge in [-0.2, -0.15) is 4.31 Å². The second kappa shape index (κ2) is 10.4. The van der Waals surface area contributed by atoms with Crippen molar-refractivity contribution in [1.82, 2.24) is 14.9 Å². The van der Waals surface area contributed by atoms with E-state index >= 15 is 0 Å². The van der Waals surface area contributed by atoms with Crippen LogP contribution in [0.1, 0.15) is 38.1 Å². The van der Waals surface area contributed by atoms with Crippen molar-refractivity contribution < 1.29 is 27.5 Å². The number of halogens is 1. The maximum Gasteiger partial charge on any atom is 0.340 e. The fraction of sp³-hybridized carbons (Fsp3) is 0.471. The minimum atomic E-state index is -3.81. The Hall–Kier alpha value is -2.17. The molecule has 0 aliphatic carbocycles. The van der Waals surface area contributed by atoms with E-state index in [9.17, 15) is 22.8 Å². The predicted octanol–water partition coefficient (Wildman–Crippen LogP) is 1.76. The molecular weight excluding hydrogens is 410 g/mol. The van der Waals surface area contributed by atoms with E-state index in [2.05, 4.69) is 5.32 Å². The van der Waals surface area contributed by atoms with Crippen molar-refractivity contribution >= 4 is 39.5 Å². The van der Waals surface area contributed by atoms with Crippen molar-refractivity contribution in [3.8, 4) is 0 Å². The normalized spacial score (nSPS) is 12.4. The number of carbonyl (C=O) groups is 3. The van der Waals surface area contributed by atoms with Crippen LogP contribution in [0.25, 0.3) is 0 Å². The number of amides is 3. The van der Waals surface area contributed by atoms with Gasteiger partial charge in [0.1, 0.15) is 0 Å². The van der Waals surface area contributed by atoms with Crippen LogP contribution < -0.4 is 10.6 Å². The van der Waals surface area contributed by atoms with E-state index in [1.54, 1.807) is 20.8 Å². The van der Waals surface area contributed by atoms with Crippen LogP contribution in [-0.4, -0.2) is 56.4 Å². The molecule has 28 heavy (non-hydrogen) atoms. The van der Waals surface area contributed by atoms with Gasteiger partial charge < -0.3 is 10.1 Å². The van der Waals surface area contributed by atoms with Gasteiger partial charge in [-0.1, -0.05) is 25.4 Å². The zero-order chi connectivity index (χ0) is 21.5. The molecule has 0 heterocycles. The summed E-state index contributed by atoms with van der Waals surface area (Å²) < 4.78 is 31.5. The van der Waals surface area contributed by atoms with Crippen LogP contribution in [0.5, 0.6) is 0 Å². The third-order valence-electron chi connectivity index (χ3n) is 3.73. The van der Waals surface area contributed by atoms with E-state index in [1.807, 2.05) is 5.32 Å². The third kappa shape index (κ3) is 5.91. The third-order valence-corrected chi connectivity index (χ3v) is 6.10. The Kier molecular flexibility index (Phi) is 8.86. The molecule has 0 saturated carbocycles. The molecule has 156 valence electrons. The summed E-state index contributed by atoms with van der Waals surface area (Å²) in [5, 5.41) is 4.36. The standard InChI is InChI=1S/C17H24ClN3O6S/c1-5-19-17(24)20-15(22)11(4)27-16(23)13-10-12(8-9-14(13)18)28(25,26)21(6-2)7-3/h8-11H,5-7H2,1-4H3,(H2,19,20,22,24)/t11-/m1/s1.